The summed E-state index contributed by atoms with van der Waals surface area (Å²) in [6, 6.07) is 0. The summed E-state index contributed by atoms with van der Waals surface area (Å²) in [5.41, 5.74) is 0.0611. The van der Waals surface area contributed by atoms with Gasteiger partial charge in [0.25, 0.3) is 0 Å². The molecule has 2 aliphatic rings. The maximum absolute atomic E-state index is 10.6. The minimum atomic E-state index is -0.436. The van der Waals surface area contributed by atoms with Gasteiger partial charge in [-0.1, -0.05) is 27.7 Å². The number of fused-ring (bicyclic) bond motifs is 1. The fourth-order valence-corrected chi connectivity index (χ4v) is 4.76. The molecule has 2 heteroatoms. The van der Waals surface area contributed by atoms with Gasteiger partial charge in [0.05, 0.1) is 5.60 Å². The standard InChI is InChI=1S/C14H26OS/c1-9(2)8-16-12-6-10-11(13(10,3)4)7-14(12,5)15/h9-12,15H,6-8H2,1-5H3. The summed E-state index contributed by atoms with van der Waals surface area (Å²) in [5.74, 6) is 3.56. The maximum Gasteiger partial charge on any atom is 0.0740 e. The summed E-state index contributed by atoms with van der Waals surface area (Å²) in [4.78, 5) is 0. The molecule has 2 rings (SSSR count). The van der Waals surface area contributed by atoms with Crippen LogP contribution in [0.25, 0.3) is 0 Å². The topological polar surface area (TPSA) is 20.2 Å². The second-order valence-electron chi connectivity index (χ2n) is 7.05. The monoisotopic (exact) mass is 242 g/mol. The lowest BCUT2D eigenvalue weighted by Crippen LogP contribution is -2.41. The van der Waals surface area contributed by atoms with Gasteiger partial charge in [-0.3, -0.25) is 0 Å². The highest BCUT2D eigenvalue weighted by atomic mass is 32.2. The normalized spacial score (nSPS) is 45.6. The highest BCUT2D eigenvalue weighted by molar-refractivity contribution is 8.00. The molecule has 0 aromatic rings. The molecule has 0 heterocycles. The van der Waals surface area contributed by atoms with Gasteiger partial charge in [0, 0.05) is 5.25 Å². The molecule has 0 aromatic carbocycles. The summed E-state index contributed by atoms with van der Waals surface area (Å²) >= 11 is 1.99. The van der Waals surface area contributed by atoms with Crippen molar-refractivity contribution in [3.63, 3.8) is 0 Å². The van der Waals surface area contributed by atoms with Crippen molar-refractivity contribution in [3.05, 3.63) is 0 Å². The molecule has 0 bridgehead atoms. The first-order valence-electron chi connectivity index (χ1n) is 6.59. The van der Waals surface area contributed by atoms with E-state index in [0.717, 1.165) is 24.2 Å². The molecule has 1 N–H and O–H groups in total. The molecule has 0 aromatic heterocycles. The van der Waals surface area contributed by atoms with Crippen molar-refractivity contribution in [3.8, 4) is 0 Å². The third kappa shape index (κ3) is 2.15. The van der Waals surface area contributed by atoms with Crippen molar-refractivity contribution in [2.24, 2.45) is 23.2 Å². The van der Waals surface area contributed by atoms with Crippen molar-refractivity contribution in [1.82, 2.24) is 0 Å². The SMILES string of the molecule is CC(C)CSC1CC2C(CC1(C)O)C2(C)C. The van der Waals surface area contributed by atoms with Crippen LogP contribution >= 0.6 is 11.8 Å². The van der Waals surface area contributed by atoms with E-state index in [1.807, 2.05) is 11.8 Å². The minimum Gasteiger partial charge on any atom is -0.389 e. The van der Waals surface area contributed by atoms with Crippen LogP contribution in [0.2, 0.25) is 0 Å². The fourth-order valence-electron chi connectivity index (χ4n) is 3.35. The van der Waals surface area contributed by atoms with E-state index in [1.54, 1.807) is 0 Å². The predicted octanol–water partition coefficient (Wildman–Crippen LogP) is 3.56. The Labute approximate surface area is 104 Å². The first kappa shape index (κ1) is 12.8. The first-order chi connectivity index (χ1) is 7.25. The van der Waals surface area contributed by atoms with Gasteiger partial charge < -0.3 is 5.11 Å². The van der Waals surface area contributed by atoms with Crippen molar-refractivity contribution in [2.45, 2.75) is 58.3 Å². The molecule has 4 unspecified atom stereocenters. The van der Waals surface area contributed by atoms with E-state index in [1.165, 1.54) is 12.2 Å². The van der Waals surface area contributed by atoms with E-state index in [4.69, 9.17) is 0 Å². The number of rotatable bonds is 3. The van der Waals surface area contributed by atoms with Gasteiger partial charge in [-0.2, -0.15) is 11.8 Å². The number of thioether (sulfide) groups is 1. The first-order valence-corrected chi connectivity index (χ1v) is 7.64. The van der Waals surface area contributed by atoms with Crippen molar-refractivity contribution >= 4 is 11.8 Å². The Kier molecular flexibility index (Phi) is 3.12. The van der Waals surface area contributed by atoms with Gasteiger partial charge in [0.15, 0.2) is 0 Å². The van der Waals surface area contributed by atoms with E-state index in [0.29, 0.717) is 10.7 Å². The van der Waals surface area contributed by atoms with Gasteiger partial charge in [-0.05, 0) is 48.7 Å². The highest BCUT2D eigenvalue weighted by Gasteiger charge is 2.63. The minimum absolute atomic E-state index is 0.436. The van der Waals surface area contributed by atoms with Gasteiger partial charge >= 0.3 is 0 Å². The zero-order chi connectivity index (χ0) is 12.1. The van der Waals surface area contributed by atoms with Gasteiger partial charge in [0.2, 0.25) is 0 Å². The number of aliphatic hydroxyl groups is 1. The number of hydrogen-bond acceptors (Lipinski definition) is 2. The van der Waals surface area contributed by atoms with Gasteiger partial charge in [0.1, 0.15) is 0 Å². The molecule has 0 amide bonds. The lowest BCUT2D eigenvalue weighted by Gasteiger charge is -2.36. The summed E-state index contributed by atoms with van der Waals surface area (Å²) < 4.78 is 0. The summed E-state index contributed by atoms with van der Waals surface area (Å²) in [6.45, 7) is 11.3. The molecule has 0 spiro atoms. The molecule has 0 aliphatic heterocycles. The van der Waals surface area contributed by atoms with Crippen LogP contribution in [0.4, 0.5) is 0 Å². The van der Waals surface area contributed by atoms with Crippen LogP contribution in [0.3, 0.4) is 0 Å². The Bertz CT molecular complexity index is 270. The van der Waals surface area contributed by atoms with Crippen LogP contribution in [-0.2, 0) is 0 Å². The van der Waals surface area contributed by atoms with E-state index in [-0.39, 0.29) is 0 Å². The predicted molar refractivity (Wildman–Crippen MR) is 71.7 cm³/mol. The summed E-state index contributed by atoms with van der Waals surface area (Å²) in [7, 11) is 0. The summed E-state index contributed by atoms with van der Waals surface area (Å²) in [6.07, 6.45) is 2.24. The van der Waals surface area contributed by atoms with E-state index < -0.39 is 5.60 Å². The average Bonchev–Trinajstić information content (AvgIpc) is 2.62. The summed E-state index contributed by atoms with van der Waals surface area (Å²) in [5, 5.41) is 11.0. The molecule has 4 atom stereocenters. The van der Waals surface area contributed by atoms with Crippen LogP contribution in [-0.4, -0.2) is 21.7 Å². The van der Waals surface area contributed by atoms with Crippen molar-refractivity contribution in [1.29, 1.82) is 0 Å². The highest BCUT2D eigenvalue weighted by Crippen LogP contribution is 2.67. The molecule has 0 saturated heterocycles. The lowest BCUT2D eigenvalue weighted by molar-refractivity contribution is 0.0244. The maximum atomic E-state index is 10.6. The Morgan fingerprint density at radius 1 is 1.25 bits per heavy atom. The lowest BCUT2D eigenvalue weighted by atomic mass is 9.86. The molecule has 16 heavy (non-hydrogen) atoms. The Morgan fingerprint density at radius 2 is 1.88 bits per heavy atom. The largest absolute Gasteiger partial charge is 0.389 e. The van der Waals surface area contributed by atoms with E-state index >= 15 is 0 Å². The Hall–Kier alpha value is 0.310. The molecule has 2 fully saturated rings. The molecular weight excluding hydrogens is 216 g/mol. The zero-order valence-corrected chi connectivity index (χ0v) is 12.1. The number of hydrogen-bond donors (Lipinski definition) is 1. The van der Waals surface area contributed by atoms with Crippen LogP contribution in [0, 0.1) is 23.2 Å². The van der Waals surface area contributed by atoms with Crippen molar-refractivity contribution in [2.75, 3.05) is 5.75 Å². The molecule has 2 aliphatic carbocycles. The van der Waals surface area contributed by atoms with Gasteiger partial charge in [-0.25, -0.2) is 0 Å². The van der Waals surface area contributed by atoms with Crippen LogP contribution in [0.15, 0.2) is 0 Å². The van der Waals surface area contributed by atoms with E-state index in [2.05, 4.69) is 34.6 Å². The molecule has 2 saturated carbocycles. The smallest absolute Gasteiger partial charge is 0.0740 e. The van der Waals surface area contributed by atoms with Crippen molar-refractivity contribution < 1.29 is 5.11 Å². The quantitative estimate of drug-likeness (QED) is 0.816. The second-order valence-corrected chi connectivity index (χ2v) is 8.28. The fraction of sp³-hybridized carbons (Fsp3) is 1.00. The molecular formula is C14H26OS. The Balaban J connectivity index is 1.97. The zero-order valence-electron chi connectivity index (χ0n) is 11.3. The molecule has 0 radical (unpaired) electrons. The van der Waals surface area contributed by atoms with Crippen LogP contribution < -0.4 is 0 Å². The Morgan fingerprint density at radius 3 is 2.44 bits per heavy atom. The third-order valence-corrected chi connectivity index (χ3v) is 6.68. The molecule has 94 valence electrons. The second kappa shape index (κ2) is 3.91. The average molecular weight is 242 g/mol. The van der Waals surface area contributed by atoms with Crippen LogP contribution in [0.1, 0.15) is 47.5 Å². The molecule has 1 nitrogen and oxygen atoms in total. The van der Waals surface area contributed by atoms with Gasteiger partial charge in [-0.15, -0.1) is 0 Å². The van der Waals surface area contributed by atoms with E-state index in [9.17, 15) is 5.11 Å². The third-order valence-electron chi connectivity index (χ3n) is 4.71. The van der Waals surface area contributed by atoms with Crippen LogP contribution in [0.5, 0.6) is 0 Å².